The van der Waals surface area contributed by atoms with Gasteiger partial charge in [-0.1, -0.05) is 18.2 Å². The van der Waals surface area contributed by atoms with E-state index < -0.39 is 11.0 Å². The Labute approximate surface area is 109 Å². The number of carboxylic acid groups (broad SMARTS) is 1. The molecule has 0 aliphatic rings. The first-order chi connectivity index (χ1) is 9.00. The number of carbonyl (C=O) groups is 1. The van der Waals surface area contributed by atoms with Crippen LogP contribution in [0.2, 0.25) is 0 Å². The minimum Gasteiger partial charge on any atom is -0.465 e. The van der Waals surface area contributed by atoms with Crippen LogP contribution in [0.25, 0.3) is 10.8 Å². The Morgan fingerprint density at radius 3 is 2.47 bits per heavy atom. The molecule has 0 bridgehead atoms. The minimum absolute atomic E-state index is 0.0253. The van der Waals surface area contributed by atoms with E-state index in [1.165, 1.54) is 13.1 Å². The highest BCUT2D eigenvalue weighted by atomic mass is 16.6. The van der Waals surface area contributed by atoms with E-state index in [1.54, 1.807) is 30.3 Å². The lowest BCUT2D eigenvalue weighted by Gasteiger charge is -2.14. The van der Waals surface area contributed by atoms with Crippen LogP contribution in [0.3, 0.4) is 0 Å². The number of benzene rings is 2. The zero-order valence-electron chi connectivity index (χ0n) is 10.2. The summed E-state index contributed by atoms with van der Waals surface area (Å²) in [6, 6.07) is 9.93. The van der Waals surface area contributed by atoms with Crippen LogP contribution in [-0.4, -0.2) is 28.1 Å². The van der Waals surface area contributed by atoms with E-state index in [4.69, 9.17) is 5.11 Å². The van der Waals surface area contributed by atoms with Gasteiger partial charge in [-0.25, -0.2) is 4.79 Å². The Morgan fingerprint density at radius 2 is 1.89 bits per heavy atom. The molecule has 0 saturated heterocycles. The first-order valence-electron chi connectivity index (χ1n) is 5.60. The standard InChI is InChI=1S/C13H12N2O4/c1-14(13(16)17)8-9-6-7-12(15(18)19)11-5-3-2-4-10(9)11/h2-7H,8H2,1H3,(H,16,17). The van der Waals surface area contributed by atoms with Crippen LogP contribution >= 0.6 is 0 Å². The number of fused-ring (bicyclic) bond motifs is 1. The van der Waals surface area contributed by atoms with Crippen LogP contribution in [0.4, 0.5) is 10.5 Å². The molecule has 6 nitrogen and oxygen atoms in total. The first-order valence-corrected chi connectivity index (χ1v) is 5.60. The lowest BCUT2D eigenvalue weighted by molar-refractivity contribution is -0.383. The number of hydrogen-bond donors (Lipinski definition) is 1. The van der Waals surface area contributed by atoms with Gasteiger partial charge in [-0.2, -0.15) is 0 Å². The molecule has 0 aromatic heterocycles. The van der Waals surface area contributed by atoms with Crippen LogP contribution in [0, 0.1) is 10.1 Å². The molecular formula is C13H12N2O4. The van der Waals surface area contributed by atoms with Gasteiger partial charge in [0.25, 0.3) is 5.69 Å². The molecule has 0 fully saturated rings. The van der Waals surface area contributed by atoms with Crippen molar-refractivity contribution in [2.45, 2.75) is 6.54 Å². The van der Waals surface area contributed by atoms with Gasteiger partial charge in [0.15, 0.2) is 0 Å². The largest absolute Gasteiger partial charge is 0.465 e. The van der Waals surface area contributed by atoms with Crippen LogP contribution in [-0.2, 0) is 6.54 Å². The Kier molecular flexibility index (Phi) is 3.33. The summed E-state index contributed by atoms with van der Waals surface area (Å²) in [6.07, 6.45) is -1.04. The summed E-state index contributed by atoms with van der Waals surface area (Å²) < 4.78 is 0. The fourth-order valence-corrected chi connectivity index (χ4v) is 1.97. The van der Waals surface area contributed by atoms with Gasteiger partial charge in [-0.05, 0) is 23.1 Å². The van der Waals surface area contributed by atoms with Crippen LogP contribution < -0.4 is 0 Å². The molecule has 19 heavy (non-hydrogen) atoms. The molecule has 0 aliphatic carbocycles. The van der Waals surface area contributed by atoms with E-state index >= 15 is 0 Å². The Balaban J connectivity index is 2.55. The van der Waals surface area contributed by atoms with Gasteiger partial charge >= 0.3 is 6.09 Å². The quantitative estimate of drug-likeness (QED) is 0.679. The SMILES string of the molecule is CN(Cc1ccc([N+](=O)[O-])c2ccccc12)C(=O)O. The van der Waals surface area contributed by atoms with Gasteiger partial charge < -0.3 is 10.0 Å². The molecule has 0 unspecified atom stereocenters. The molecule has 0 atom stereocenters. The molecule has 2 rings (SSSR count). The highest BCUT2D eigenvalue weighted by Crippen LogP contribution is 2.28. The smallest absolute Gasteiger partial charge is 0.407 e. The number of nitro benzene ring substituents is 1. The van der Waals surface area contributed by atoms with E-state index in [1.807, 2.05) is 0 Å². The Morgan fingerprint density at radius 1 is 1.26 bits per heavy atom. The van der Waals surface area contributed by atoms with Crippen LogP contribution in [0.1, 0.15) is 5.56 Å². The molecule has 1 N–H and O–H groups in total. The number of nitro groups is 1. The lowest BCUT2D eigenvalue weighted by atomic mass is 10.0. The summed E-state index contributed by atoms with van der Waals surface area (Å²) in [5, 5.41) is 21.0. The number of nitrogens with zero attached hydrogens (tertiary/aromatic N) is 2. The predicted molar refractivity (Wildman–Crippen MR) is 70.1 cm³/mol. The summed E-state index contributed by atoms with van der Waals surface area (Å²) in [6.45, 7) is 0.188. The van der Waals surface area contributed by atoms with Crippen LogP contribution in [0.5, 0.6) is 0 Å². The van der Waals surface area contributed by atoms with E-state index in [0.717, 1.165) is 10.5 Å². The van der Waals surface area contributed by atoms with E-state index in [9.17, 15) is 14.9 Å². The molecule has 0 saturated carbocycles. The number of hydrogen-bond acceptors (Lipinski definition) is 3. The molecular weight excluding hydrogens is 248 g/mol. The van der Waals surface area contributed by atoms with Crippen molar-refractivity contribution < 1.29 is 14.8 Å². The first kappa shape index (κ1) is 12.8. The van der Waals surface area contributed by atoms with Gasteiger partial charge in [-0.3, -0.25) is 10.1 Å². The predicted octanol–water partition coefficient (Wildman–Crippen LogP) is 2.86. The second kappa shape index (κ2) is 4.93. The third kappa shape index (κ3) is 2.47. The average Bonchev–Trinajstić information content (AvgIpc) is 2.38. The maximum atomic E-state index is 11.0. The van der Waals surface area contributed by atoms with Gasteiger partial charge in [0.05, 0.1) is 10.3 Å². The summed E-state index contributed by atoms with van der Waals surface area (Å²) >= 11 is 0. The van der Waals surface area contributed by atoms with E-state index in [0.29, 0.717) is 10.8 Å². The Hall–Kier alpha value is -2.63. The second-order valence-electron chi connectivity index (χ2n) is 4.19. The van der Waals surface area contributed by atoms with Crippen molar-refractivity contribution in [3.05, 3.63) is 52.1 Å². The van der Waals surface area contributed by atoms with E-state index in [2.05, 4.69) is 0 Å². The summed E-state index contributed by atoms with van der Waals surface area (Å²) in [4.78, 5) is 22.5. The zero-order chi connectivity index (χ0) is 14.0. The highest BCUT2D eigenvalue weighted by Gasteiger charge is 2.15. The van der Waals surface area contributed by atoms with Crippen molar-refractivity contribution in [2.75, 3.05) is 7.05 Å². The van der Waals surface area contributed by atoms with Gasteiger partial charge in [0, 0.05) is 19.7 Å². The number of non-ortho nitro benzene ring substituents is 1. The average molecular weight is 260 g/mol. The van der Waals surface area contributed by atoms with Gasteiger partial charge in [0.2, 0.25) is 0 Å². The zero-order valence-corrected chi connectivity index (χ0v) is 10.2. The number of rotatable bonds is 3. The molecule has 0 aliphatic heterocycles. The Bertz CT molecular complexity index is 654. The topological polar surface area (TPSA) is 83.7 Å². The summed E-state index contributed by atoms with van der Waals surface area (Å²) in [7, 11) is 1.46. The van der Waals surface area contributed by atoms with E-state index in [-0.39, 0.29) is 12.2 Å². The highest BCUT2D eigenvalue weighted by molar-refractivity contribution is 5.93. The summed E-state index contributed by atoms with van der Waals surface area (Å²) in [5.74, 6) is 0. The summed E-state index contributed by atoms with van der Waals surface area (Å²) in [5.41, 5.74) is 0.767. The molecule has 2 aromatic carbocycles. The third-order valence-corrected chi connectivity index (χ3v) is 2.92. The molecule has 0 spiro atoms. The van der Waals surface area contributed by atoms with Crippen LogP contribution in [0.15, 0.2) is 36.4 Å². The molecule has 0 heterocycles. The van der Waals surface area contributed by atoms with Crippen molar-refractivity contribution in [3.63, 3.8) is 0 Å². The molecule has 6 heteroatoms. The van der Waals surface area contributed by atoms with Crippen molar-refractivity contribution in [3.8, 4) is 0 Å². The molecule has 98 valence electrons. The van der Waals surface area contributed by atoms with Crippen molar-refractivity contribution in [1.29, 1.82) is 0 Å². The molecule has 0 radical (unpaired) electrons. The monoisotopic (exact) mass is 260 g/mol. The van der Waals surface area contributed by atoms with Gasteiger partial charge in [0.1, 0.15) is 0 Å². The second-order valence-corrected chi connectivity index (χ2v) is 4.19. The van der Waals surface area contributed by atoms with Crippen molar-refractivity contribution in [1.82, 2.24) is 4.90 Å². The maximum Gasteiger partial charge on any atom is 0.407 e. The minimum atomic E-state index is -1.04. The lowest BCUT2D eigenvalue weighted by Crippen LogP contribution is -2.24. The molecule has 1 amide bonds. The van der Waals surface area contributed by atoms with Crippen molar-refractivity contribution >= 4 is 22.6 Å². The third-order valence-electron chi connectivity index (χ3n) is 2.92. The molecule has 2 aromatic rings. The van der Waals surface area contributed by atoms with Crippen molar-refractivity contribution in [2.24, 2.45) is 0 Å². The fourth-order valence-electron chi connectivity index (χ4n) is 1.97. The normalized spacial score (nSPS) is 10.4. The fraction of sp³-hybridized carbons (Fsp3) is 0.154. The number of amides is 1. The maximum absolute atomic E-state index is 11.0. The van der Waals surface area contributed by atoms with Gasteiger partial charge in [-0.15, -0.1) is 0 Å².